The van der Waals surface area contributed by atoms with Crippen LogP contribution in [0.3, 0.4) is 0 Å². The Kier molecular flexibility index (Phi) is 7.13. The summed E-state index contributed by atoms with van der Waals surface area (Å²) in [6, 6.07) is 4.90. The predicted molar refractivity (Wildman–Crippen MR) is 131 cm³/mol. The zero-order valence-electron chi connectivity index (χ0n) is 18.8. The Bertz CT molecular complexity index is 1390. The zero-order chi connectivity index (χ0) is 24.9. The fraction of sp³-hybridized carbons (Fsp3) is 0.217. The summed E-state index contributed by atoms with van der Waals surface area (Å²) in [7, 11) is 0. The van der Waals surface area contributed by atoms with Gasteiger partial charge in [-0.3, -0.25) is 24.9 Å². The van der Waals surface area contributed by atoms with Crippen LogP contribution >= 0.6 is 11.3 Å². The van der Waals surface area contributed by atoms with E-state index in [9.17, 15) is 19.5 Å². The number of amides is 2. The number of carboxylic acid groups (broad SMARTS) is 1. The normalized spacial score (nSPS) is 10.9. The van der Waals surface area contributed by atoms with E-state index < -0.39 is 17.8 Å². The highest BCUT2D eigenvalue weighted by molar-refractivity contribution is 7.14. The van der Waals surface area contributed by atoms with Gasteiger partial charge in [0.2, 0.25) is 0 Å². The summed E-state index contributed by atoms with van der Waals surface area (Å²) in [5, 5.41) is 17.4. The average molecular weight is 494 g/mol. The molecule has 3 aromatic heterocycles. The molecule has 0 radical (unpaired) electrons. The van der Waals surface area contributed by atoms with Crippen LogP contribution in [0.4, 0.5) is 5.13 Å². The molecule has 6 N–H and O–H groups in total. The molecule has 0 spiro atoms. The highest BCUT2D eigenvalue weighted by atomic mass is 32.1. The number of nitrogens with zero attached hydrogens (tertiary/aromatic N) is 3. The minimum absolute atomic E-state index is 0.0956. The van der Waals surface area contributed by atoms with Gasteiger partial charge < -0.3 is 21.1 Å². The lowest BCUT2D eigenvalue weighted by molar-refractivity contribution is 0.0689. The predicted octanol–water partition coefficient (Wildman–Crippen LogP) is 2.49. The maximum Gasteiger partial charge on any atom is 0.352 e. The number of carbonyl (C=O) groups excluding carboxylic acids is 2. The van der Waals surface area contributed by atoms with Crippen molar-refractivity contribution < 1.29 is 19.5 Å². The Morgan fingerprint density at radius 1 is 1.17 bits per heavy atom. The number of carbonyl (C=O) groups is 3. The first-order chi connectivity index (χ1) is 16.9. The van der Waals surface area contributed by atoms with E-state index in [1.54, 1.807) is 36.0 Å². The quantitative estimate of drug-likeness (QED) is 0.236. The molecule has 0 saturated carbocycles. The fourth-order valence-electron chi connectivity index (χ4n) is 3.49. The van der Waals surface area contributed by atoms with Crippen LogP contribution in [0, 0.1) is 6.92 Å². The number of fused-ring (bicyclic) bond motifs is 1. The van der Waals surface area contributed by atoms with Crippen LogP contribution in [0.1, 0.15) is 54.7 Å². The molecule has 4 aromatic rings. The smallest absolute Gasteiger partial charge is 0.352 e. The van der Waals surface area contributed by atoms with E-state index in [4.69, 9.17) is 5.73 Å². The number of aromatic amines is 1. The molecule has 12 heteroatoms. The average Bonchev–Trinajstić information content (AvgIpc) is 3.46. The number of aromatic carboxylic acids is 1. The summed E-state index contributed by atoms with van der Waals surface area (Å²) in [5.74, 6) is -1.89. The molecule has 2 amide bonds. The molecule has 0 aliphatic carbocycles. The van der Waals surface area contributed by atoms with Crippen molar-refractivity contribution in [1.29, 1.82) is 0 Å². The van der Waals surface area contributed by atoms with Gasteiger partial charge in [0.1, 0.15) is 11.4 Å². The minimum atomic E-state index is -1.07. The van der Waals surface area contributed by atoms with E-state index in [-0.39, 0.29) is 23.1 Å². The number of nitrogens with two attached hydrogens (primary N) is 1. The summed E-state index contributed by atoms with van der Waals surface area (Å²) < 4.78 is 0. The van der Waals surface area contributed by atoms with Crippen LogP contribution < -0.4 is 16.4 Å². The summed E-state index contributed by atoms with van der Waals surface area (Å²) >= 11 is 1.12. The number of thiazole rings is 1. The first kappa shape index (κ1) is 24.0. The van der Waals surface area contributed by atoms with E-state index in [0.29, 0.717) is 47.1 Å². The Morgan fingerprint density at radius 3 is 2.71 bits per heavy atom. The molecule has 0 saturated heterocycles. The topological polar surface area (TPSA) is 176 Å². The van der Waals surface area contributed by atoms with Gasteiger partial charge in [0.05, 0.1) is 24.1 Å². The van der Waals surface area contributed by atoms with Gasteiger partial charge in [-0.15, -0.1) is 11.3 Å². The summed E-state index contributed by atoms with van der Waals surface area (Å²) in [6.45, 7) is 2.45. The number of rotatable bonds is 9. The molecule has 0 atom stereocenters. The van der Waals surface area contributed by atoms with Gasteiger partial charge >= 0.3 is 5.97 Å². The van der Waals surface area contributed by atoms with Crippen LogP contribution in [-0.4, -0.2) is 49.4 Å². The first-order valence-electron chi connectivity index (χ1n) is 10.8. The summed E-state index contributed by atoms with van der Waals surface area (Å²) in [4.78, 5) is 52.3. The molecule has 0 aliphatic heterocycles. The van der Waals surface area contributed by atoms with Crippen molar-refractivity contribution in [2.75, 3.05) is 11.9 Å². The van der Waals surface area contributed by atoms with Crippen molar-refractivity contribution in [1.82, 2.24) is 25.3 Å². The maximum absolute atomic E-state index is 12.8. The van der Waals surface area contributed by atoms with E-state index in [0.717, 1.165) is 17.0 Å². The Balaban J connectivity index is 1.45. The zero-order valence-corrected chi connectivity index (χ0v) is 19.6. The monoisotopic (exact) mass is 493 g/mol. The van der Waals surface area contributed by atoms with E-state index >= 15 is 0 Å². The van der Waals surface area contributed by atoms with Gasteiger partial charge in [-0.1, -0.05) is 0 Å². The molecule has 3 heterocycles. The number of benzene rings is 1. The van der Waals surface area contributed by atoms with Crippen molar-refractivity contribution in [2.24, 2.45) is 5.73 Å². The van der Waals surface area contributed by atoms with Crippen molar-refractivity contribution in [3.63, 3.8) is 0 Å². The molecular weight excluding hydrogens is 470 g/mol. The standard InChI is InChI=1S/C23H23N7O4S/c1-12-8-26-14(9-25-12)10-27-21(32)18-11-35-23(29-18)30-20(31)13-4-5-17-16(7-13)15(3-2-6-24)19(28-17)22(33)34/h4-5,7-9,11,28H,2-3,6,10,24H2,1H3,(H,27,32)(H,33,34)(H,29,30,31). The number of carboxylic acids is 1. The Morgan fingerprint density at radius 2 is 2.00 bits per heavy atom. The van der Waals surface area contributed by atoms with E-state index in [2.05, 4.69) is 30.6 Å². The third kappa shape index (κ3) is 5.50. The largest absolute Gasteiger partial charge is 0.477 e. The van der Waals surface area contributed by atoms with Crippen molar-refractivity contribution >= 4 is 45.2 Å². The van der Waals surface area contributed by atoms with E-state index in [1.165, 1.54) is 0 Å². The molecule has 35 heavy (non-hydrogen) atoms. The molecule has 0 fully saturated rings. The van der Waals surface area contributed by atoms with Crippen LogP contribution in [0.2, 0.25) is 0 Å². The van der Waals surface area contributed by atoms with Crippen molar-refractivity contribution in [3.05, 3.63) is 69.9 Å². The fourth-order valence-corrected chi connectivity index (χ4v) is 4.17. The number of aromatic nitrogens is 4. The van der Waals surface area contributed by atoms with Crippen molar-refractivity contribution in [2.45, 2.75) is 26.3 Å². The van der Waals surface area contributed by atoms with Gasteiger partial charge in [-0.25, -0.2) is 9.78 Å². The molecule has 4 rings (SSSR count). The highest BCUT2D eigenvalue weighted by Gasteiger charge is 2.19. The van der Waals surface area contributed by atoms with Crippen LogP contribution in [0.25, 0.3) is 10.9 Å². The lowest BCUT2D eigenvalue weighted by Crippen LogP contribution is -2.23. The van der Waals surface area contributed by atoms with Gasteiger partial charge in [0.25, 0.3) is 11.8 Å². The number of hydrogen-bond acceptors (Lipinski definition) is 8. The van der Waals surface area contributed by atoms with E-state index in [1.807, 2.05) is 6.92 Å². The highest BCUT2D eigenvalue weighted by Crippen LogP contribution is 2.26. The van der Waals surface area contributed by atoms with Crippen LogP contribution in [0.15, 0.2) is 36.0 Å². The van der Waals surface area contributed by atoms with Crippen molar-refractivity contribution in [3.8, 4) is 0 Å². The van der Waals surface area contributed by atoms with Crippen LogP contribution in [-0.2, 0) is 13.0 Å². The molecule has 0 unspecified atom stereocenters. The number of H-pyrrole nitrogens is 1. The number of nitrogens with one attached hydrogen (secondary N) is 3. The first-order valence-corrected chi connectivity index (χ1v) is 11.6. The number of hydrogen-bond donors (Lipinski definition) is 5. The molecule has 180 valence electrons. The summed E-state index contributed by atoms with van der Waals surface area (Å²) in [5.41, 5.74) is 8.82. The number of aryl methyl sites for hydroxylation is 2. The second kappa shape index (κ2) is 10.4. The minimum Gasteiger partial charge on any atom is -0.477 e. The van der Waals surface area contributed by atoms with Gasteiger partial charge in [0.15, 0.2) is 5.13 Å². The maximum atomic E-state index is 12.8. The second-order valence-corrected chi connectivity index (χ2v) is 8.62. The third-order valence-electron chi connectivity index (χ3n) is 5.23. The third-order valence-corrected chi connectivity index (χ3v) is 5.99. The lowest BCUT2D eigenvalue weighted by atomic mass is 10.0. The van der Waals surface area contributed by atoms with Gasteiger partial charge in [0, 0.05) is 28.0 Å². The second-order valence-electron chi connectivity index (χ2n) is 7.76. The Labute approximate surface area is 203 Å². The molecule has 11 nitrogen and oxygen atoms in total. The Hall–Kier alpha value is -4.16. The lowest BCUT2D eigenvalue weighted by Gasteiger charge is -2.04. The SMILES string of the molecule is Cc1cnc(CNC(=O)c2csc(NC(=O)c3ccc4[nH]c(C(=O)O)c(CCCN)c4c3)n2)cn1. The molecular formula is C23H23N7O4S. The molecule has 0 aliphatic rings. The van der Waals surface area contributed by atoms with Gasteiger partial charge in [-0.05, 0) is 50.1 Å². The van der Waals surface area contributed by atoms with Crippen LogP contribution in [0.5, 0.6) is 0 Å². The number of anilines is 1. The van der Waals surface area contributed by atoms with Gasteiger partial charge in [-0.2, -0.15) is 0 Å². The summed E-state index contributed by atoms with van der Waals surface area (Å²) in [6.07, 6.45) is 4.30. The molecule has 0 bridgehead atoms. The molecule has 1 aromatic carbocycles.